The van der Waals surface area contributed by atoms with Gasteiger partial charge in [-0.15, -0.1) is 22.7 Å². The molecule has 0 aliphatic rings. The highest BCUT2D eigenvalue weighted by molar-refractivity contribution is 7.10. The van der Waals surface area contributed by atoms with Crippen LogP contribution in [0.15, 0.2) is 51.8 Å². The van der Waals surface area contributed by atoms with Crippen LogP contribution in [0, 0.1) is 0 Å². The van der Waals surface area contributed by atoms with Crippen LogP contribution in [-0.4, -0.2) is 10.8 Å². The molecule has 108 valence electrons. The van der Waals surface area contributed by atoms with Crippen LogP contribution in [-0.2, 0) is 13.1 Å². The van der Waals surface area contributed by atoms with Gasteiger partial charge in [0.05, 0.1) is 24.9 Å². The third-order valence-corrected chi connectivity index (χ3v) is 5.00. The van der Waals surface area contributed by atoms with E-state index in [0.29, 0.717) is 18.7 Å². The number of amides is 1. The van der Waals surface area contributed by atoms with Crippen molar-refractivity contribution in [2.24, 2.45) is 0 Å². The number of halogens is 1. The summed E-state index contributed by atoms with van der Waals surface area (Å²) in [5, 5.41) is 4.16. The molecule has 1 amide bonds. The highest BCUT2D eigenvalue weighted by Gasteiger charge is 2.21. The quantitative estimate of drug-likeness (QED) is 0.663. The van der Waals surface area contributed by atoms with Gasteiger partial charge in [-0.2, -0.15) is 0 Å². The lowest BCUT2D eigenvalue weighted by Crippen LogP contribution is -2.29. The summed E-state index contributed by atoms with van der Waals surface area (Å²) in [6, 6.07) is 9.63. The maximum absolute atomic E-state index is 12.7. The first-order valence-corrected chi connectivity index (χ1v) is 8.45. The van der Waals surface area contributed by atoms with Gasteiger partial charge in [0.1, 0.15) is 0 Å². The second-order valence-electron chi connectivity index (χ2n) is 4.43. The predicted molar refractivity (Wildman–Crippen MR) is 85.9 cm³/mol. The molecular weight excluding hydrogens is 326 g/mol. The average Bonchev–Trinajstić information content (AvgIpc) is 3.19. The molecule has 3 rings (SSSR count). The molecule has 0 aliphatic heterocycles. The Morgan fingerprint density at radius 2 is 1.71 bits per heavy atom. The molecule has 0 aromatic carbocycles. The van der Waals surface area contributed by atoms with E-state index in [1.54, 1.807) is 33.6 Å². The van der Waals surface area contributed by atoms with Crippen LogP contribution in [0.3, 0.4) is 0 Å². The van der Waals surface area contributed by atoms with E-state index in [0.717, 1.165) is 9.75 Å². The normalized spacial score (nSPS) is 10.7. The summed E-state index contributed by atoms with van der Waals surface area (Å²) in [4.78, 5) is 16.7. The molecule has 3 heterocycles. The first-order chi connectivity index (χ1) is 10.2. The van der Waals surface area contributed by atoms with Crippen LogP contribution in [0.25, 0.3) is 0 Å². The molecule has 0 unspecified atom stereocenters. The Bertz CT molecular complexity index is 668. The lowest BCUT2D eigenvalue weighted by Gasteiger charge is -2.21. The van der Waals surface area contributed by atoms with Crippen molar-refractivity contribution in [3.8, 4) is 0 Å². The summed E-state index contributed by atoms with van der Waals surface area (Å²) in [6.45, 7) is 1.13. The highest BCUT2D eigenvalue weighted by atomic mass is 35.5. The maximum Gasteiger partial charge on any atom is 0.259 e. The molecule has 0 atom stereocenters. The second kappa shape index (κ2) is 6.47. The summed E-state index contributed by atoms with van der Waals surface area (Å²) in [6.07, 6.45) is 1.43. The lowest BCUT2D eigenvalue weighted by atomic mass is 10.2. The second-order valence-corrected chi connectivity index (χ2v) is 6.84. The van der Waals surface area contributed by atoms with E-state index < -0.39 is 0 Å². The smallest absolute Gasteiger partial charge is 0.259 e. The minimum absolute atomic E-state index is 0.115. The molecule has 3 aromatic heterocycles. The van der Waals surface area contributed by atoms with Crippen LogP contribution in [0.4, 0.5) is 0 Å². The first-order valence-electron chi connectivity index (χ1n) is 6.31. The van der Waals surface area contributed by atoms with Crippen LogP contribution >= 0.6 is 34.3 Å². The Labute approximate surface area is 135 Å². The van der Waals surface area contributed by atoms with E-state index in [9.17, 15) is 4.79 Å². The fourth-order valence-electron chi connectivity index (χ4n) is 2.00. The predicted octanol–water partition coefficient (Wildman–Crippen LogP) is 4.90. The van der Waals surface area contributed by atoms with E-state index in [2.05, 4.69) is 0 Å². The molecule has 0 radical (unpaired) electrons. The number of hydrogen-bond donors (Lipinski definition) is 0. The van der Waals surface area contributed by atoms with Crippen molar-refractivity contribution in [1.29, 1.82) is 0 Å². The Hall–Kier alpha value is -1.56. The van der Waals surface area contributed by atoms with Gasteiger partial charge in [0.2, 0.25) is 5.22 Å². The summed E-state index contributed by atoms with van der Waals surface area (Å²) in [5.41, 5.74) is 0.407. The fourth-order valence-corrected chi connectivity index (χ4v) is 3.63. The number of carbonyl (C=O) groups is 1. The van der Waals surface area contributed by atoms with Crippen molar-refractivity contribution in [3.63, 3.8) is 0 Å². The van der Waals surface area contributed by atoms with Crippen LogP contribution in [0.1, 0.15) is 20.1 Å². The summed E-state index contributed by atoms with van der Waals surface area (Å²) < 4.78 is 5.03. The van der Waals surface area contributed by atoms with Gasteiger partial charge in [-0.3, -0.25) is 4.79 Å². The number of nitrogens with zero attached hydrogens (tertiary/aromatic N) is 1. The number of rotatable bonds is 5. The third kappa shape index (κ3) is 3.37. The standard InChI is InChI=1S/C15H12ClNO2S2/c16-14-13(5-6-19-14)15(18)17(9-11-3-1-7-20-11)10-12-4-2-8-21-12/h1-8H,9-10H2. The highest BCUT2D eigenvalue weighted by Crippen LogP contribution is 2.23. The third-order valence-electron chi connectivity index (χ3n) is 2.99. The lowest BCUT2D eigenvalue weighted by molar-refractivity contribution is 0.0733. The molecule has 21 heavy (non-hydrogen) atoms. The molecular formula is C15H12ClNO2S2. The van der Waals surface area contributed by atoms with Gasteiger partial charge in [-0.1, -0.05) is 12.1 Å². The molecule has 0 N–H and O–H groups in total. The zero-order valence-electron chi connectivity index (χ0n) is 11.0. The Morgan fingerprint density at radius 1 is 1.10 bits per heavy atom. The number of carbonyl (C=O) groups excluding carboxylic acids is 1. The van der Waals surface area contributed by atoms with Gasteiger partial charge in [0.25, 0.3) is 5.91 Å². The van der Waals surface area contributed by atoms with Crippen LogP contribution < -0.4 is 0 Å². The van der Waals surface area contributed by atoms with E-state index >= 15 is 0 Å². The van der Waals surface area contributed by atoms with Crippen LogP contribution in [0.5, 0.6) is 0 Å². The number of thiophene rings is 2. The molecule has 0 saturated carbocycles. The summed E-state index contributed by atoms with van der Waals surface area (Å²) in [7, 11) is 0. The minimum Gasteiger partial charge on any atom is -0.452 e. The van der Waals surface area contributed by atoms with Crippen molar-refractivity contribution in [3.05, 3.63) is 67.9 Å². The van der Waals surface area contributed by atoms with Crippen LogP contribution in [0.2, 0.25) is 5.22 Å². The van der Waals surface area contributed by atoms with E-state index in [4.69, 9.17) is 16.0 Å². The molecule has 0 saturated heterocycles. The molecule has 3 aromatic rings. The van der Waals surface area contributed by atoms with Crippen molar-refractivity contribution in [1.82, 2.24) is 4.90 Å². The molecule has 0 spiro atoms. The number of furan rings is 1. The van der Waals surface area contributed by atoms with Crippen molar-refractivity contribution in [2.45, 2.75) is 13.1 Å². The van der Waals surface area contributed by atoms with E-state index in [1.165, 1.54) is 6.26 Å². The molecule has 0 fully saturated rings. The SMILES string of the molecule is O=C(c1ccoc1Cl)N(Cc1cccs1)Cc1cccs1. The van der Waals surface area contributed by atoms with Gasteiger partial charge in [0, 0.05) is 9.75 Å². The summed E-state index contributed by atoms with van der Waals surface area (Å²) in [5.74, 6) is -0.115. The van der Waals surface area contributed by atoms with Gasteiger partial charge in [0.15, 0.2) is 0 Å². The minimum atomic E-state index is -0.115. The Balaban J connectivity index is 1.84. The number of hydrogen-bond acceptors (Lipinski definition) is 4. The fraction of sp³-hybridized carbons (Fsp3) is 0.133. The van der Waals surface area contributed by atoms with Gasteiger partial charge >= 0.3 is 0 Å². The average molecular weight is 338 g/mol. The Morgan fingerprint density at radius 3 is 2.14 bits per heavy atom. The van der Waals surface area contributed by atoms with Crippen molar-refractivity contribution >= 4 is 40.2 Å². The van der Waals surface area contributed by atoms with Gasteiger partial charge in [-0.05, 0) is 40.6 Å². The topological polar surface area (TPSA) is 33.5 Å². The monoisotopic (exact) mass is 337 g/mol. The maximum atomic E-state index is 12.7. The molecule has 3 nitrogen and oxygen atoms in total. The van der Waals surface area contributed by atoms with Crippen molar-refractivity contribution < 1.29 is 9.21 Å². The molecule has 0 bridgehead atoms. The van der Waals surface area contributed by atoms with E-state index in [-0.39, 0.29) is 11.1 Å². The van der Waals surface area contributed by atoms with Gasteiger partial charge < -0.3 is 9.32 Å². The molecule has 0 aliphatic carbocycles. The van der Waals surface area contributed by atoms with Gasteiger partial charge in [-0.25, -0.2) is 0 Å². The first kappa shape index (κ1) is 14.4. The zero-order chi connectivity index (χ0) is 14.7. The largest absolute Gasteiger partial charge is 0.452 e. The zero-order valence-corrected chi connectivity index (χ0v) is 13.4. The van der Waals surface area contributed by atoms with Crippen molar-refractivity contribution in [2.75, 3.05) is 0 Å². The Kier molecular flexibility index (Phi) is 4.43. The van der Waals surface area contributed by atoms with E-state index in [1.807, 2.05) is 35.0 Å². The summed E-state index contributed by atoms with van der Waals surface area (Å²) >= 11 is 9.21. The molecule has 6 heteroatoms.